The number of hydrogen-bond donors (Lipinski definition) is 1. The molecule has 2 aromatic rings. The van der Waals surface area contributed by atoms with Crippen LogP contribution in [0.5, 0.6) is 0 Å². The Kier molecular flexibility index (Phi) is 1.98. The van der Waals surface area contributed by atoms with Crippen LogP contribution < -0.4 is 0 Å². The van der Waals surface area contributed by atoms with Crippen molar-refractivity contribution >= 4 is 5.97 Å². The molecule has 0 atom stereocenters. The van der Waals surface area contributed by atoms with Crippen LogP contribution in [0.2, 0.25) is 0 Å². The molecule has 14 heavy (non-hydrogen) atoms. The molecular weight excluding hydrogens is 182 g/mol. The van der Waals surface area contributed by atoms with E-state index in [9.17, 15) is 4.79 Å². The van der Waals surface area contributed by atoms with Crippen molar-refractivity contribution in [2.45, 2.75) is 0 Å². The van der Waals surface area contributed by atoms with Crippen LogP contribution in [0.3, 0.4) is 0 Å². The minimum Gasteiger partial charge on any atom is -0.477 e. The van der Waals surface area contributed by atoms with Gasteiger partial charge in [-0.25, -0.2) is 14.8 Å². The maximum absolute atomic E-state index is 10.8. The van der Waals surface area contributed by atoms with Gasteiger partial charge in [-0.3, -0.25) is 4.57 Å². The Morgan fingerprint density at radius 3 is 2.93 bits per heavy atom. The Hall–Kier alpha value is -2.17. The molecule has 0 aliphatic rings. The first-order valence-electron chi connectivity index (χ1n) is 3.96. The molecule has 0 saturated carbocycles. The smallest absolute Gasteiger partial charge is 0.352 e. The second kappa shape index (κ2) is 3.29. The summed E-state index contributed by atoms with van der Waals surface area (Å²) in [6, 6.07) is 4.82. The predicted molar refractivity (Wildman–Crippen MR) is 48.3 cm³/mol. The first-order valence-corrected chi connectivity index (χ1v) is 3.96. The molecule has 5 nitrogen and oxygen atoms in total. The normalized spacial score (nSPS) is 10.0. The fraction of sp³-hybridized carbons (Fsp3) is 0. The molecule has 1 N–H and O–H groups in total. The summed E-state index contributed by atoms with van der Waals surface area (Å²) in [5.74, 6) is -0.434. The lowest BCUT2D eigenvalue weighted by molar-refractivity contribution is 0.0688. The van der Waals surface area contributed by atoms with Crippen molar-refractivity contribution in [3.05, 3.63) is 42.6 Å². The van der Waals surface area contributed by atoms with Crippen molar-refractivity contribution in [1.82, 2.24) is 14.5 Å². The molecule has 2 heterocycles. The topological polar surface area (TPSA) is 68.0 Å². The molecule has 0 aliphatic heterocycles. The van der Waals surface area contributed by atoms with Crippen LogP contribution in [0, 0.1) is 0 Å². The summed E-state index contributed by atoms with van der Waals surface area (Å²) in [6.07, 6.45) is 4.58. The second-order valence-corrected chi connectivity index (χ2v) is 2.64. The SMILES string of the molecule is O=C(O)c1cccn1-c1ccncn1. The number of hydrogen-bond acceptors (Lipinski definition) is 3. The third-order valence-corrected chi connectivity index (χ3v) is 1.78. The lowest BCUT2D eigenvalue weighted by Crippen LogP contribution is -2.06. The van der Waals surface area contributed by atoms with E-state index in [0.29, 0.717) is 5.82 Å². The molecule has 2 aromatic heterocycles. The third kappa shape index (κ3) is 1.35. The average molecular weight is 189 g/mol. The van der Waals surface area contributed by atoms with E-state index in [0.717, 1.165) is 0 Å². The first-order chi connectivity index (χ1) is 6.79. The van der Waals surface area contributed by atoms with E-state index in [1.165, 1.54) is 17.0 Å². The van der Waals surface area contributed by atoms with Crippen molar-refractivity contribution in [3.63, 3.8) is 0 Å². The number of rotatable bonds is 2. The van der Waals surface area contributed by atoms with Crippen molar-refractivity contribution in [2.24, 2.45) is 0 Å². The van der Waals surface area contributed by atoms with Crippen LogP contribution in [0.15, 0.2) is 36.9 Å². The fourth-order valence-corrected chi connectivity index (χ4v) is 1.18. The van der Waals surface area contributed by atoms with Crippen LogP contribution in [-0.4, -0.2) is 25.6 Å². The van der Waals surface area contributed by atoms with Crippen molar-refractivity contribution in [2.75, 3.05) is 0 Å². The van der Waals surface area contributed by atoms with E-state index < -0.39 is 5.97 Å². The molecule has 0 bridgehead atoms. The molecule has 0 aliphatic carbocycles. The van der Waals surface area contributed by atoms with Gasteiger partial charge in [0.1, 0.15) is 17.8 Å². The largest absolute Gasteiger partial charge is 0.477 e. The number of carboxylic acid groups (broad SMARTS) is 1. The van der Waals surface area contributed by atoms with Gasteiger partial charge in [0.15, 0.2) is 0 Å². The molecule has 0 amide bonds. The van der Waals surface area contributed by atoms with Gasteiger partial charge < -0.3 is 5.11 Å². The molecule has 0 spiro atoms. The average Bonchev–Trinajstić information content (AvgIpc) is 2.67. The summed E-state index contributed by atoms with van der Waals surface area (Å²) in [4.78, 5) is 18.5. The third-order valence-electron chi connectivity index (χ3n) is 1.78. The summed E-state index contributed by atoms with van der Waals surface area (Å²) >= 11 is 0. The zero-order valence-electron chi connectivity index (χ0n) is 7.16. The summed E-state index contributed by atoms with van der Waals surface area (Å²) in [5, 5.41) is 8.85. The first kappa shape index (κ1) is 8.43. The molecule has 2 rings (SSSR count). The maximum atomic E-state index is 10.8. The molecular formula is C9H7N3O2. The van der Waals surface area contributed by atoms with E-state index in [2.05, 4.69) is 9.97 Å². The predicted octanol–water partition coefficient (Wildman–Crippen LogP) is 0.965. The monoisotopic (exact) mass is 189 g/mol. The Morgan fingerprint density at radius 2 is 2.29 bits per heavy atom. The minimum atomic E-state index is -0.978. The Bertz CT molecular complexity index is 450. The van der Waals surface area contributed by atoms with Gasteiger partial charge in [-0.2, -0.15) is 0 Å². The van der Waals surface area contributed by atoms with Gasteiger partial charge in [0.2, 0.25) is 0 Å². The highest BCUT2D eigenvalue weighted by molar-refractivity contribution is 5.86. The van der Waals surface area contributed by atoms with Crippen molar-refractivity contribution < 1.29 is 9.90 Å². The van der Waals surface area contributed by atoms with Crippen LogP contribution in [0.4, 0.5) is 0 Å². The fourth-order valence-electron chi connectivity index (χ4n) is 1.18. The Balaban J connectivity index is 2.52. The summed E-state index contributed by atoms with van der Waals surface area (Å²) in [5.41, 5.74) is 0.184. The van der Waals surface area contributed by atoms with Gasteiger partial charge in [-0.1, -0.05) is 0 Å². The highest BCUT2D eigenvalue weighted by atomic mass is 16.4. The molecule has 0 aromatic carbocycles. The molecule has 70 valence electrons. The standard InChI is InChI=1S/C9H7N3O2/c13-9(14)7-2-1-5-12(7)8-3-4-10-6-11-8/h1-6H,(H,13,14). The Morgan fingerprint density at radius 1 is 1.43 bits per heavy atom. The van der Waals surface area contributed by atoms with E-state index in [1.807, 2.05) is 0 Å². The zero-order chi connectivity index (χ0) is 9.97. The molecule has 0 unspecified atom stereocenters. The maximum Gasteiger partial charge on any atom is 0.352 e. The summed E-state index contributed by atoms with van der Waals surface area (Å²) in [7, 11) is 0. The van der Waals surface area contributed by atoms with E-state index >= 15 is 0 Å². The van der Waals surface area contributed by atoms with Crippen LogP contribution in [-0.2, 0) is 0 Å². The van der Waals surface area contributed by atoms with Gasteiger partial charge >= 0.3 is 5.97 Å². The van der Waals surface area contributed by atoms with Crippen molar-refractivity contribution in [1.29, 1.82) is 0 Å². The highest BCUT2D eigenvalue weighted by Gasteiger charge is 2.09. The lowest BCUT2D eigenvalue weighted by Gasteiger charge is -2.03. The number of aromatic carboxylic acids is 1. The molecule has 5 heteroatoms. The van der Waals surface area contributed by atoms with Crippen LogP contribution in [0.25, 0.3) is 5.82 Å². The van der Waals surface area contributed by atoms with Gasteiger partial charge in [0, 0.05) is 12.4 Å². The zero-order valence-corrected chi connectivity index (χ0v) is 7.16. The number of carbonyl (C=O) groups is 1. The summed E-state index contributed by atoms with van der Waals surface area (Å²) in [6.45, 7) is 0. The van der Waals surface area contributed by atoms with Gasteiger partial charge in [-0.05, 0) is 18.2 Å². The van der Waals surface area contributed by atoms with Crippen LogP contribution >= 0.6 is 0 Å². The second-order valence-electron chi connectivity index (χ2n) is 2.64. The quantitative estimate of drug-likeness (QED) is 0.764. The highest BCUT2D eigenvalue weighted by Crippen LogP contribution is 2.08. The van der Waals surface area contributed by atoms with Gasteiger partial charge in [0.25, 0.3) is 0 Å². The number of aromatic nitrogens is 3. The van der Waals surface area contributed by atoms with Gasteiger partial charge in [0.05, 0.1) is 0 Å². The number of nitrogens with zero attached hydrogens (tertiary/aromatic N) is 3. The van der Waals surface area contributed by atoms with Gasteiger partial charge in [-0.15, -0.1) is 0 Å². The lowest BCUT2D eigenvalue weighted by atomic mass is 10.4. The van der Waals surface area contributed by atoms with Crippen LogP contribution in [0.1, 0.15) is 10.5 Å². The van der Waals surface area contributed by atoms with E-state index in [1.54, 1.807) is 24.5 Å². The minimum absolute atomic E-state index is 0.184. The van der Waals surface area contributed by atoms with Crippen molar-refractivity contribution in [3.8, 4) is 5.82 Å². The molecule has 0 radical (unpaired) electrons. The Labute approximate surface area is 79.7 Å². The number of carboxylic acids is 1. The molecule has 0 saturated heterocycles. The van der Waals surface area contributed by atoms with E-state index in [-0.39, 0.29) is 5.69 Å². The summed E-state index contributed by atoms with van der Waals surface area (Å²) < 4.78 is 1.49. The van der Waals surface area contributed by atoms with E-state index in [4.69, 9.17) is 5.11 Å². The molecule has 0 fully saturated rings.